The molecule has 0 N–H and O–H groups in total. The van der Waals surface area contributed by atoms with Gasteiger partial charge in [-0.25, -0.2) is 0 Å². The first-order chi connectivity index (χ1) is 14.2. The van der Waals surface area contributed by atoms with E-state index in [0.29, 0.717) is 0 Å². The number of hydrogen-bond donors (Lipinski definition) is 0. The largest absolute Gasteiger partial charge is 0.301 e. The fourth-order valence-corrected chi connectivity index (χ4v) is 5.35. The van der Waals surface area contributed by atoms with Crippen LogP contribution in [-0.4, -0.2) is 146 Å². The third-order valence-electron chi connectivity index (χ3n) is 5.59. The minimum Gasteiger partial charge on any atom is -0.301 e. The number of nitrogens with zero attached hydrogens (tertiary/aromatic N) is 4. The Balaban J connectivity index is 2.75. The first kappa shape index (κ1) is 28.3. The van der Waals surface area contributed by atoms with Gasteiger partial charge in [-0.1, -0.05) is 0 Å². The van der Waals surface area contributed by atoms with E-state index in [9.17, 15) is 0 Å². The highest BCUT2D eigenvalue weighted by Gasteiger charge is 2.15. The van der Waals surface area contributed by atoms with Crippen LogP contribution in [0, 0.1) is 0 Å². The van der Waals surface area contributed by atoms with Gasteiger partial charge in [0.1, 0.15) is 0 Å². The van der Waals surface area contributed by atoms with Gasteiger partial charge in [0.05, 0.1) is 0 Å². The molecule has 1 heterocycles. The van der Waals surface area contributed by atoms with Crippen LogP contribution in [0.3, 0.4) is 0 Å². The highest BCUT2D eigenvalue weighted by molar-refractivity contribution is 7.99. The molecule has 0 saturated carbocycles. The SMILES string of the molecule is CSCCN1CCCN(CCSC)CCN(CCSC)CCN(CCSC)CC1. The third-order valence-corrected chi connectivity index (χ3v) is 7.96. The van der Waals surface area contributed by atoms with Crippen molar-refractivity contribution in [3.8, 4) is 0 Å². The van der Waals surface area contributed by atoms with Gasteiger partial charge < -0.3 is 9.80 Å². The minimum absolute atomic E-state index is 1.22. The molecule has 1 rings (SSSR count). The maximum atomic E-state index is 2.72. The van der Waals surface area contributed by atoms with E-state index in [4.69, 9.17) is 0 Å². The summed E-state index contributed by atoms with van der Waals surface area (Å²) in [7, 11) is 0. The van der Waals surface area contributed by atoms with Gasteiger partial charge in [0.25, 0.3) is 0 Å². The predicted octanol–water partition coefficient (Wildman–Crippen LogP) is 3.05. The third kappa shape index (κ3) is 14.8. The quantitative estimate of drug-likeness (QED) is 0.416. The molecule has 1 aliphatic heterocycles. The lowest BCUT2D eigenvalue weighted by Crippen LogP contribution is -2.42. The number of hydrogen-bond acceptors (Lipinski definition) is 8. The Labute approximate surface area is 199 Å². The van der Waals surface area contributed by atoms with E-state index in [1.54, 1.807) is 0 Å². The van der Waals surface area contributed by atoms with Crippen molar-refractivity contribution in [1.82, 2.24) is 19.6 Å². The summed E-state index contributed by atoms with van der Waals surface area (Å²) in [6, 6.07) is 0. The molecule has 4 nitrogen and oxygen atoms in total. The Hall–Kier alpha value is 1.24. The van der Waals surface area contributed by atoms with Crippen LogP contribution in [0.15, 0.2) is 0 Å². The number of thioether (sulfide) groups is 4. The molecule has 0 aromatic heterocycles. The number of rotatable bonds is 12. The van der Waals surface area contributed by atoms with Gasteiger partial charge in [0.15, 0.2) is 0 Å². The van der Waals surface area contributed by atoms with Crippen molar-refractivity contribution in [3.63, 3.8) is 0 Å². The fraction of sp³-hybridized carbons (Fsp3) is 1.00. The molecule has 0 aromatic rings. The normalized spacial score (nSPS) is 20.3. The molecule has 29 heavy (non-hydrogen) atoms. The lowest BCUT2D eigenvalue weighted by Gasteiger charge is -2.30. The Morgan fingerprint density at radius 1 is 0.414 bits per heavy atom. The molecular formula is C21H46N4S4. The first-order valence-electron chi connectivity index (χ1n) is 11.1. The average molecular weight is 483 g/mol. The standard InChI is InChI=1S/C21H46N4S4/c1-26-18-14-22-6-5-7-23(15-19-27-2)9-11-25(17-21-29-4)13-12-24(10-8-22)16-20-28-3/h5-21H2,1-4H3. The molecule has 0 amide bonds. The summed E-state index contributed by atoms with van der Waals surface area (Å²) in [6.07, 6.45) is 10.2. The molecule has 1 saturated heterocycles. The zero-order chi connectivity index (χ0) is 21.2. The smallest absolute Gasteiger partial charge is 0.0110 e. The van der Waals surface area contributed by atoms with E-state index < -0.39 is 0 Å². The van der Waals surface area contributed by atoms with E-state index in [0.717, 1.165) is 0 Å². The van der Waals surface area contributed by atoms with Crippen LogP contribution in [0.2, 0.25) is 0 Å². The maximum absolute atomic E-state index is 2.72. The van der Waals surface area contributed by atoms with Crippen molar-refractivity contribution in [2.24, 2.45) is 0 Å². The van der Waals surface area contributed by atoms with Gasteiger partial charge in [-0.2, -0.15) is 47.0 Å². The molecule has 174 valence electrons. The predicted molar refractivity (Wildman–Crippen MR) is 144 cm³/mol. The highest BCUT2D eigenvalue weighted by atomic mass is 32.2. The van der Waals surface area contributed by atoms with Gasteiger partial charge in [-0.3, -0.25) is 9.80 Å². The molecule has 8 heteroatoms. The zero-order valence-electron chi connectivity index (χ0n) is 19.4. The zero-order valence-corrected chi connectivity index (χ0v) is 22.7. The van der Waals surface area contributed by atoms with E-state index in [-0.39, 0.29) is 0 Å². The summed E-state index contributed by atoms with van der Waals surface area (Å²) in [5.41, 5.74) is 0. The Morgan fingerprint density at radius 2 is 0.655 bits per heavy atom. The van der Waals surface area contributed by atoms with Gasteiger partial charge in [0, 0.05) is 88.5 Å². The summed E-state index contributed by atoms with van der Waals surface area (Å²) in [5.74, 6) is 5.00. The lowest BCUT2D eigenvalue weighted by molar-refractivity contribution is 0.186. The van der Waals surface area contributed by atoms with Crippen molar-refractivity contribution in [2.45, 2.75) is 6.42 Å². The van der Waals surface area contributed by atoms with Gasteiger partial charge in [0.2, 0.25) is 0 Å². The van der Waals surface area contributed by atoms with E-state index >= 15 is 0 Å². The van der Waals surface area contributed by atoms with E-state index in [1.165, 1.54) is 108 Å². The van der Waals surface area contributed by atoms with Gasteiger partial charge in [-0.15, -0.1) is 0 Å². The van der Waals surface area contributed by atoms with Crippen LogP contribution < -0.4 is 0 Å². The monoisotopic (exact) mass is 482 g/mol. The molecule has 0 atom stereocenters. The molecule has 1 aliphatic rings. The fourth-order valence-electron chi connectivity index (χ4n) is 3.59. The Morgan fingerprint density at radius 3 is 0.897 bits per heavy atom. The van der Waals surface area contributed by atoms with Crippen molar-refractivity contribution in [1.29, 1.82) is 0 Å². The first-order valence-corrected chi connectivity index (χ1v) is 16.7. The lowest BCUT2D eigenvalue weighted by atomic mass is 10.3. The second-order valence-corrected chi connectivity index (χ2v) is 11.6. The molecular weight excluding hydrogens is 437 g/mol. The molecule has 0 radical (unpaired) electrons. The Kier molecular flexibility index (Phi) is 19.4. The highest BCUT2D eigenvalue weighted by Crippen LogP contribution is 2.06. The van der Waals surface area contributed by atoms with Crippen LogP contribution in [-0.2, 0) is 0 Å². The van der Waals surface area contributed by atoms with Crippen LogP contribution in [0.5, 0.6) is 0 Å². The van der Waals surface area contributed by atoms with Crippen LogP contribution in [0.1, 0.15) is 6.42 Å². The molecule has 1 fully saturated rings. The second kappa shape index (κ2) is 19.9. The topological polar surface area (TPSA) is 13.0 Å². The van der Waals surface area contributed by atoms with Crippen LogP contribution in [0.25, 0.3) is 0 Å². The van der Waals surface area contributed by atoms with Crippen LogP contribution in [0.4, 0.5) is 0 Å². The van der Waals surface area contributed by atoms with Crippen LogP contribution >= 0.6 is 47.0 Å². The molecule has 0 bridgehead atoms. The van der Waals surface area contributed by atoms with Crippen molar-refractivity contribution < 1.29 is 0 Å². The summed E-state index contributed by atoms with van der Waals surface area (Å²) < 4.78 is 0. The van der Waals surface area contributed by atoms with E-state index in [2.05, 4.69) is 44.6 Å². The summed E-state index contributed by atoms with van der Waals surface area (Å²) in [5, 5.41) is 0. The van der Waals surface area contributed by atoms with E-state index in [1.807, 2.05) is 47.0 Å². The average Bonchev–Trinajstić information content (AvgIpc) is 2.75. The summed E-state index contributed by atoms with van der Waals surface area (Å²) in [6.45, 7) is 14.8. The van der Waals surface area contributed by atoms with Crippen molar-refractivity contribution in [3.05, 3.63) is 0 Å². The second-order valence-electron chi connectivity index (χ2n) is 7.69. The molecule has 0 spiro atoms. The van der Waals surface area contributed by atoms with Gasteiger partial charge in [-0.05, 0) is 44.5 Å². The summed E-state index contributed by atoms with van der Waals surface area (Å²) >= 11 is 7.92. The maximum Gasteiger partial charge on any atom is 0.0110 e. The molecule has 0 unspecified atom stereocenters. The minimum atomic E-state index is 1.22. The van der Waals surface area contributed by atoms with Crippen molar-refractivity contribution in [2.75, 3.05) is 127 Å². The summed E-state index contributed by atoms with van der Waals surface area (Å²) in [4.78, 5) is 10.9. The molecule has 0 aromatic carbocycles. The van der Waals surface area contributed by atoms with Gasteiger partial charge >= 0.3 is 0 Å². The van der Waals surface area contributed by atoms with Crippen molar-refractivity contribution >= 4 is 47.0 Å². The molecule has 0 aliphatic carbocycles. The Bertz CT molecular complexity index is 334.